The van der Waals surface area contributed by atoms with E-state index in [4.69, 9.17) is 0 Å². The van der Waals surface area contributed by atoms with Gasteiger partial charge in [-0.2, -0.15) is 0 Å². The second kappa shape index (κ2) is 5.91. The number of amides is 1. The van der Waals surface area contributed by atoms with Crippen LogP contribution >= 0.6 is 15.9 Å². The van der Waals surface area contributed by atoms with Crippen molar-refractivity contribution in [3.05, 3.63) is 22.4 Å². The molecule has 0 atom stereocenters. The van der Waals surface area contributed by atoms with E-state index in [0.717, 1.165) is 36.1 Å². The fourth-order valence-corrected chi connectivity index (χ4v) is 2.73. The number of hydrogen-bond donors (Lipinski definition) is 0. The molecule has 1 heterocycles. The molecule has 1 amide bonds. The SMILES string of the molecule is CCCN(CCC)C(=O)c1cc(Br)cn1C1CC1. The number of hydrogen-bond acceptors (Lipinski definition) is 1. The van der Waals surface area contributed by atoms with E-state index in [1.165, 1.54) is 12.8 Å². The van der Waals surface area contributed by atoms with E-state index in [2.05, 4.69) is 34.3 Å². The van der Waals surface area contributed by atoms with Gasteiger partial charge in [0.1, 0.15) is 5.69 Å². The summed E-state index contributed by atoms with van der Waals surface area (Å²) in [4.78, 5) is 14.5. The van der Waals surface area contributed by atoms with E-state index in [1.54, 1.807) is 0 Å². The first-order valence-corrected chi connectivity index (χ1v) is 7.63. The average Bonchev–Trinajstić information content (AvgIpc) is 3.11. The highest BCUT2D eigenvalue weighted by Crippen LogP contribution is 2.37. The Balaban J connectivity index is 2.20. The van der Waals surface area contributed by atoms with E-state index in [9.17, 15) is 4.79 Å². The minimum absolute atomic E-state index is 0.177. The predicted octanol–water partition coefficient (Wildman–Crippen LogP) is 3.85. The van der Waals surface area contributed by atoms with Gasteiger partial charge >= 0.3 is 0 Å². The summed E-state index contributed by atoms with van der Waals surface area (Å²) in [6, 6.07) is 2.50. The van der Waals surface area contributed by atoms with Gasteiger partial charge in [-0.1, -0.05) is 13.8 Å². The topological polar surface area (TPSA) is 25.2 Å². The van der Waals surface area contributed by atoms with Gasteiger partial charge in [-0.25, -0.2) is 0 Å². The maximum atomic E-state index is 12.6. The average molecular weight is 313 g/mol. The third-order valence-electron chi connectivity index (χ3n) is 3.25. The van der Waals surface area contributed by atoms with Crippen molar-refractivity contribution in [1.29, 1.82) is 0 Å². The maximum absolute atomic E-state index is 12.6. The van der Waals surface area contributed by atoms with E-state index >= 15 is 0 Å². The molecule has 18 heavy (non-hydrogen) atoms. The minimum atomic E-state index is 0.177. The zero-order valence-electron chi connectivity index (χ0n) is 11.2. The van der Waals surface area contributed by atoms with Crippen molar-refractivity contribution in [2.24, 2.45) is 0 Å². The lowest BCUT2D eigenvalue weighted by Gasteiger charge is -2.22. The Bertz CT molecular complexity index is 417. The van der Waals surface area contributed by atoms with Gasteiger partial charge in [0.2, 0.25) is 0 Å². The van der Waals surface area contributed by atoms with Crippen LogP contribution in [-0.2, 0) is 0 Å². The first-order valence-electron chi connectivity index (χ1n) is 6.84. The first kappa shape index (κ1) is 13.7. The maximum Gasteiger partial charge on any atom is 0.270 e. The minimum Gasteiger partial charge on any atom is -0.339 e. The van der Waals surface area contributed by atoms with Crippen LogP contribution in [0.3, 0.4) is 0 Å². The summed E-state index contributed by atoms with van der Waals surface area (Å²) in [5.41, 5.74) is 0.839. The van der Waals surface area contributed by atoms with Gasteiger partial charge in [-0.3, -0.25) is 4.79 Å². The molecule has 1 saturated carbocycles. The highest BCUT2D eigenvalue weighted by Gasteiger charge is 2.29. The Hall–Kier alpha value is -0.770. The van der Waals surface area contributed by atoms with Crippen LogP contribution in [-0.4, -0.2) is 28.5 Å². The number of halogens is 1. The van der Waals surface area contributed by atoms with E-state index in [0.29, 0.717) is 6.04 Å². The van der Waals surface area contributed by atoms with Crippen LogP contribution in [0.5, 0.6) is 0 Å². The largest absolute Gasteiger partial charge is 0.339 e. The second-order valence-corrected chi connectivity index (χ2v) is 5.89. The Morgan fingerprint density at radius 1 is 1.39 bits per heavy atom. The van der Waals surface area contributed by atoms with Crippen molar-refractivity contribution in [1.82, 2.24) is 9.47 Å². The zero-order chi connectivity index (χ0) is 13.1. The normalized spacial score (nSPS) is 14.8. The number of aromatic nitrogens is 1. The van der Waals surface area contributed by atoms with Crippen LogP contribution in [0.1, 0.15) is 56.1 Å². The van der Waals surface area contributed by atoms with Gasteiger partial charge < -0.3 is 9.47 Å². The first-order chi connectivity index (χ1) is 8.67. The number of carbonyl (C=O) groups excluding carboxylic acids is 1. The summed E-state index contributed by atoms with van der Waals surface area (Å²) < 4.78 is 3.15. The van der Waals surface area contributed by atoms with Crippen LogP contribution in [0.25, 0.3) is 0 Å². The standard InChI is InChI=1S/C14H21BrN2O/c1-3-7-16(8-4-2)14(18)13-9-11(15)10-17(13)12-5-6-12/h9-10,12H,3-8H2,1-2H3. The molecule has 2 rings (SSSR count). The second-order valence-electron chi connectivity index (χ2n) is 4.97. The zero-order valence-corrected chi connectivity index (χ0v) is 12.7. The molecule has 1 aromatic heterocycles. The molecule has 0 radical (unpaired) electrons. The van der Waals surface area contributed by atoms with Gasteiger partial charge in [0.15, 0.2) is 0 Å². The van der Waals surface area contributed by atoms with Gasteiger partial charge in [-0.15, -0.1) is 0 Å². The fourth-order valence-electron chi connectivity index (χ4n) is 2.29. The van der Waals surface area contributed by atoms with Gasteiger partial charge in [0.25, 0.3) is 5.91 Å². The highest BCUT2D eigenvalue weighted by atomic mass is 79.9. The number of rotatable bonds is 6. The Labute approximate surface area is 117 Å². The summed E-state index contributed by atoms with van der Waals surface area (Å²) >= 11 is 3.48. The van der Waals surface area contributed by atoms with Crippen LogP contribution in [0.4, 0.5) is 0 Å². The van der Waals surface area contributed by atoms with Crippen LogP contribution in [0.15, 0.2) is 16.7 Å². The van der Waals surface area contributed by atoms with Crippen LogP contribution in [0, 0.1) is 0 Å². The Morgan fingerprint density at radius 2 is 2.00 bits per heavy atom. The molecule has 4 heteroatoms. The summed E-state index contributed by atoms with van der Waals surface area (Å²) in [5.74, 6) is 0.177. The monoisotopic (exact) mass is 312 g/mol. The van der Waals surface area contributed by atoms with Gasteiger partial charge in [-0.05, 0) is 47.7 Å². The molecular weight excluding hydrogens is 292 g/mol. The number of carbonyl (C=O) groups is 1. The summed E-state index contributed by atoms with van der Waals surface area (Å²) in [6.45, 7) is 5.93. The molecular formula is C14H21BrN2O. The van der Waals surface area contributed by atoms with Crippen LogP contribution in [0.2, 0.25) is 0 Å². The third-order valence-corrected chi connectivity index (χ3v) is 3.68. The molecule has 0 bridgehead atoms. The van der Waals surface area contributed by atoms with Crippen LogP contribution < -0.4 is 0 Å². The lowest BCUT2D eigenvalue weighted by Crippen LogP contribution is -2.33. The smallest absolute Gasteiger partial charge is 0.270 e. The lowest BCUT2D eigenvalue weighted by atomic mass is 10.3. The Morgan fingerprint density at radius 3 is 2.50 bits per heavy atom. The lowest BCUT2D eigenvalue weighted by molar-refractivity contribution is 0.0744. The molecule has 1 aliphatic rings. The van der Waals surface area contributed by atoms with Crippen molar-refractivity contribution in [2.75, 3.05) is 13.1 Å². The van der Waals surface area contributed by atoms with E-state index < -0.39 is 0 Å². The Kier molecular flexibility index (Phi) is 4.49. The molecule has 0 saturated heterocycles. The molecule has 1 fully saturated rings. The molecule has 1 aromatic rings. The highest BCUT2D eigenvalue weighted by molar-refractivity contribution is 9.10. The third kappa shape index (κ3) is 2.97. The molecule has 1 aliphatic carbocycles. The van der Waals surface area contributed by atoms with Crippen molar-refractivity contribution < 1.29 is 4.79 Å². The van der Waals surface area contributed by atoms with Crippen molar-refractivity contribution in [3.63, 3.8) is 0 Å². The summed E-state index contributed by atoms with van der Waals surface area (Å²) in [7, 11) is 0. The number of nitrogens with zero attached hydrogens (tertiary/aromatic N) is 2. The van der Waals surface area contributed by atoms with Crippen molar-refractivity contribution in [3.8, 4) is 0 Å². The van der Waals surface area contributed by atoms with Crippen molar-refractivity contribution in [2.45, 2.75) is 45.6 Å². The molecule has 0 aliphatic heterocycles. The molecule has 0 aromatic carbocycles. The quantitative estimate of drug-likeness (QED) is 0.783. The van der Waals surface area contributed by atoms with E-state index in [1.807, 2.05) is 17.2 Å². The van der Waals surface area contributed by atoms with E-state index in [-0.39, 0.29) is 5.91 Å². The molecule has 0 spiro atoms. The molecule has 0 unspecified atom stereocenters. The summed E-state index contributed by atoms with van der Waals surface area (Å²) in [5, 5.41) is 0. The van der Waals surface area contributed by atoms with Crippen molar-refractivity contribution >= 4 is 21.8 Å². The molecule has 100 valence electrons. The van der Waals surface area contributed by atoms with Gasteiger partial charge in [0.05, 0.1) is 0 Å². The predicted molar refractivity (Wildman–Crippen MR) is 76.9 cm³/mol. The van der Waals surface area contributed by atoms with Gasteiger partial charge in [0, 0.05) is 29.8 Å². The molecule has 0 N–H and O–H groups in total. The summed E-state index contributed by atoms with van der Waals surface area (Å²) in [6.07, 6.45) is 6.46. The molecule has 3 nitrogen and oxygen atoms in total. The fraction of sp³-hybridized carbons (Fsp3) is 0.643.